The number of rotatable bonds is 6. The first-order valence-electron chi connectivity index (χ1n) is 7.79. The second kappa shape index (κ2) is 7.21. The predicted molar refractivity (Wildman–Crippen MR) is 84.4 cm³/mol. The van der Waals surface area contributed by atoms with Gasteiger partial charge in [-0.1, -0.05) is 13.8 Å². The lowest BCUT2D eigenvalue weighted by atomic mass is 9.88. The first kappa shape index (κ1) is 17.6. The van der Waals surface area contributed by atoms with Crippen LogP contribution in [0, 0.1) is 11.8 Å². The van der Waals surface area contributed by atoms with Crippen molar-refractivity contribution < 1.29 is 18.0 Å². The Hall–Kier alpha value is -1.76. The summed E-state index contributed by atoms with van der Waals surface area (Å²) in [7, 11) is 0. The van der Waals surface area contributed by atoms with Crippen molar-refractivity contribution in [3.8, 4) is 0 Å². The molecule has 0 aromatic heterocycles. The van der Waals surface area contributed by atoms with Crippen molar-refractivity contribution >= 4 is 17.3 Å². The van der Waals surface area contributed by atoms with Gasteiger partial charge in [0.05, 0.1) is 16.9 Å². The van der Waals surface area contributed by atoms with Gasteiger partial charge >= 0.3 is 6.18 Å². The third kappa shape index (κ3) is 4.37. The largest absolute Gasteiger partial charge is 0.416 e. The van der Waals surface area contributed by atoms with E-state index in [-0.39, 0.29) is 23.4 Å². The van der Waals surface area contributed by atoms with Crippen molar-refractivity contribution in [1.82, 2.24) is 5.32 Å². The number of halogens is 3. The lowest BCUT2D eigenvalue weighted by Crippen LogP contribution is -2.48. The van der Waals surface area contributed by atoms with Crippen LogP contribution in [0.4, 0.5) is 24.5 Å². The maximum absolute atomic E-state index is 12.9. The van der Waals surface area contributed by atoms with E-state index in [4.69, 9.17) is 0 Å². The number of carbonyl (C=O) groups excluding carboxylic acids is 1. The number of hydrogen-bond donors (Lipinski definition) is 3. The minimum atomic E-state index is -4.44. The number of alkyl halides is 3. The van der Waals surface area contributed by atoms with Crippen LogP contribution in [0.3, 0.4) is 0 Å². The topological polar surface area (TPSA) is 53.2 Å². The second-order valence-corrected chi connectivity index (χ2v) is 5.88. The van der Waals surface area contributed by atoms with Crippen LogP contribution in [0.1, 0.15) is 25.8 Å². The highest BCUT2D eigenvalue weighted by Crippen LogP contribution is 2.34. The molecule has 4 nitrogen and oxygen atoms in total. The Labute approximate surface area is 133 Å². The van der Waals surface area contributed by atoms with Crippen LogP contribution >= 0.6 is 0 Å². The van der Waals surface area contributed by atoms with E-state index in [1.54, 1.807) is 6.92 Å². The molecule has 1 amide bonds. The summed E-state index contributed by atoms with van der Waals surface area (Å²) in [5.41, 5.74) is -0.0858. The summed E-state index contributed by atoms with van der Waals surface area (Å²) in [6, 6.07) is 3.37. The first-order valence-corrected chi connectivity index (χ1v) is 7.79. The summed E-state index contributed by atoms with van der Waals surface area (Å²) in [5.74, 6) is -0.270. The molecule has 1 aromatic rings. The Morgan fingerprint density at radius 3 is 2.57 bits per heavy atom. The fraction of sp³-hybridized carbons (Fsp3) is 0.562. The van der Waals surface area contributed by atoms with Crippen molar-refractivity contribution in [3.63, 3.8) is 0 Å². The van der Waals surface area contributed by atoms with Crippen LogP contribution in [0.2, 0.25) is 0 Å². The van der Waals surface area contributed by atoms with E-state index in [1.165, 1.54) is 6.07 Å². The molecule has 1 saturated heterocycles. The molecule has 0 bridgehead atoms. The third-order valence-corrected chi connectivity index (χ3v) is 4.10. The van der Waals surface area contributed by atoms with Gasteiger partial charge < -0.3 is 16.0 Å². The molecule has 128 valence electrons. The predicted octanol–water partition coefficient (Wildman–Crippen LogP) is 3.32. The zero-order chi connectivity index (χ0) is 17.0. The van der Waals surface area contributed by atoms with Crippen LogP contribution in [0.15, 0.2) is 18.2 Å². The van der Waals surface area contributed by atoms with E-state index >= 15 is 0 Å². The number of anilines is 2. The molecule has 1 fully saturated rings. The molecular formula is C16H22F3N3O. The second-order valence-electron chi connectivity index (χ2n) is 5.88. The number of benzene rings is 1. The van der Waals surface area contributed by atoms with Gasteiger partial charge in [-0.3, -0.25) is 4.79 Å². The third-order valence-electron chi connectivity index (χ3n) is 4.10. The van der Waals surface area contributed by atoms with Gasteiger partial charge in [-0.05, 0) is 43.6 Å². The molecule has 1 aliphatic rings. The van der Waals surface area contributed by atoms with Gasteiger partial charge in [-0.15, -0.1) is 0 Å². The molecule has 0 saturated carbocycles. The van der Waals surface area contributed by atoms with E-state index in [9.17, 15) is 18.0 Å². The first-order chi connectivity index (χ1) is 10.8. The smallest absolute Gasteiger partial charge is 0.383 e. The van der Waals surface area contributed by atoms with Crippen molar-refractivity contribution in [2.45, 2.75) is 26.4 Å². The number of nitrogens with one attached hydrogen (secondary N) is 3. The maximum Gasteiger partial charge on any atom is 0.416 e. The molecule has 1 unspecified atom stereocenters. The molecule has 1 aliphatic heterocycles. The van der Waals surface area contributed by atoms with Crippen molar-refractivity contribution in [1.29, 1.82) is 0 Å². The van der Waals surface area contributed by atoms with Gasteiger partial charge in [0.15, 0.2) is 0 Å². The molecule has 1 aromatic carbocycles. The van der Waals surface area contributed by atoms with Crippen LogP contribution in [-0.2, 0) is 11.0 Å². The fourth-order valence-corrected chi connectivity index (χ4v) is 2.36. The van der Waals surface area contributed by atoms with Crippen LogP contribution in [0.5, 0.6) is 0 Å². The fourth-order valence-electron chi connectivity index (χ4n) is 2.36. The SMILES string of the molecule is CCCNc1ccc(C(F)(F)F)cc1NC(=O)C(C)C1CNC1. The molecule has 0 spiro atoms. The van der Waals surface area contributed by atoms with E-state index in [0.717, 1.165) is 31.6 Å². The summed E-state index contributed by atoms with van der Waals surface area (Å²) in [4.78, 5) is 12.3. The van der Waals surface area contributed by atoms with Gasteiger partial charge in [0, 0.05) is 12.5 Å². The van der Waals surface area contributed by atoms with Crippen LogP contribution in [0.25, 0.3) is 0 Å². The van der Waals surface area contributed by atoms with Gasteiger partial charge in [0.1, 0.15) is 0 Å². The summed E-state index contributed by atoms with van der Waals surface area (Å²) >= 11 is 0. The number of amides is 1. The quantitative estimate of drug-likeness (QED) is 0.750. The zero-order valence-electron chi connectivity index (χ0n) is 13.3. The van der Waals surface area contributed by atoms with E-state index in [2.05, 4.69) is 16.0 Å². The Kier molecular flexibility index (Phi) is 5.51. The molecule has 0 radical (unpaired) electrons. The Morgan fingerprint density at radius 2 is 2.04 bits per heavy atom. The minimum absolute atomic E-state index is 0.178. The van der Waals surface area contributed by atoms with Crippen molar-refractivity contribution in [2.24, 2.45) is 11.8 Å². The maximum atomic E-state index is 12.9. The summed E-state index contributed by atoms with van der Waals surface area (Å²) in [6.07, 6.45) is -3.61. The summed E-state index contributed by atoms with van der Waals surface area (Å²) in [5, 5.41) is 8.79. The monoisotopic (exact) mass is 329 g/mol. The van der Waals surface area contributed by atoms with Crippen LogP contribution < -0.4 is 16.0 Å². The molecular weight excluding hydrogens is 307 g/mol. The van der Waals surface area contributed by atoms with Gasteiger partial charge in [0.2, 0.25) is 5.91 Å². The van der Waals surface area contributed by atoms with Crippen LogP contribution in [-0.4, -0.2) is 25.5 Å². The van der Waals surface area contributed by atoms with E-state index in [1.807, 2.05) is 6.92 Å². The Bertz CT molecular complexity index is 556. The summed E-state index contributed by atoms with van der Waals surface area (Å²) < 4.78 is 38.7. The standard InChI is InChI=1S/C16H22F3N3O/c1-3-6-21-13-5-4-12(16(17,18)19)7-14(13)22-15(23)10(2)11-8-20-9-11/h4-5,7,10-11,20-21H,3,6,8-9H2,1-2H3,(H,22,23). The normalized spacial score (nSPS) is 16.6. The molecule has 3 N–H and O–H groups in total. The van der Waals surface area contributed by atoms with Crippen molar-refractivity contribution in [2.75, 3.05) is 30.3 Å². The lowest BCUT2D eigenvalue weighted by molar-refractivity contribution is -0.137. The zero-order valence-corrected chi connectivity index (χ0v) is 13.3. The summed E-state index contributed by atoms with van der Waals surface area (Å²) in [6.45, 7) is 5.90. The molecule has 23 heavy (non-hydrogen) atoms. The van der Waals surface area contributed by atoms with E-state index < -0.39 is 11.7 Å². The number of carbonyl (C=O) groups is 1. The molecule has 1 heterocycles. The molecule has 1 atom stereocenters. The average molecular weight is 329 g/mol. The van der Waals surface area contributed by atoms with Crippen molar-refractivity contribution in [3.05, 3.63) is 23.8 Å². The highest BCUT2D eigenvalue weighted by molar-refractivity contribution is 5.96. The van der Waals surface area contributed by atoms with E-state index in [0.29, 0.717) is 12.2 Å². The Balaban J connectivity index is 2.19. The minimum Gasteiger partial charge on any atom is -0.383 e. The lowest BCUT2D eigenvalue weighted by Gasteiger charge is -2.32. The van der Waals surface area contributed by atoms with Gasteiger partial charge in [-0.25, -0.2) is 0 Å². The molecule has 7 heteroatoms. The highest BCUT2D eigenvalue weighted by Gasteiger charge is 2.32. The average Bonchev–Trinajstić information content (AvgIpc) is 2.42. The highest BCUT2D eigenvalue weighted by atomic mass is 19.4. The number of hydrogen-bond acceptors (Lipinski definition) is 3. The molecule has 0 aliphatic carbocycles. The Morgan fingerprint density at radius 1 is 1.35 bits per heavy atom. The molecule has 2 rings (SSSR count). The van der Waals surface area contributed by atoms with Gasteiger partial charge in [-0.2, -0.15) is 13.2 Å². The van der Waals surface area contributed by atoms with Gasteiger partial charge in [0.25, 0.3) is 0 Å².